The van der Waals surface area contributed by atoms with Gasteiger partial charge in [0.05, 0.1) is 29.8 Å². The SMILES string of the molecule is COc1c(OC2CCN(OC(=O)OC(C)C)CC2)ccnc1Nc1ccc(N2CCCC(S(C)(=O)=O)C2)nc1C. The minimum atomic E-state index is -3.10. The minimum Gasteiger partial charge on any atom is -0.490 e. The molecule has 40 heavy (non-hydrogen) atoms. The molecule has 4 heterocycles. The number of hydrogen-bond donors (Lipinski definition) is 1. The van der Waals surface area contributed by atoms with E-state index in [2.05, 4.69) is 10.3 Å². The van der Waals surface area contributed by atoms with Crippen LogP contribution in [0.15, 0.2) is 24.4 Å². The molecule has 0 bridgehead atoms. The summed E-state index contributed by atoms with van der Waals surface area (Å²) in [5.74, 6) is 2.27. The molecule has 1 atom stereocenters. The van der Waals surface area contributed by atoms with Crippen LogP contribution < -0.4 is 19.7 Å². The van der Waals surface area contributed by atoms with E-state index in [-0.39, 0.29) is 17.5 Å². The van der Waals surface area contributed by atoms with Crippen molar-refractivity contribution in [1.82, 2.24) is 15.0 Å². The van der Waals surface area contributed by atoms with Crippen LogP contribution >= 0.6 is 0 Å². The average Bonchev–Trinajstić information content (AvgIpc) is 2.90. The maximum atomic E-state index is 12.1. The van der Waals surface area contributed by atoms with Crippen LogP contribution in [0.3, 0.4) is 0 Å². The summed E-state index contributed by atoms with van der Waals surface area (Å²) in [7, 11) is -1.54. The number of nitrogens with zero attached hydrogens (tertiary/aromatic N) is 4. The summed E-state index contributed by atoms with van der Waals surface area (Å²) in [5, 5.41) is 4.52. The molecule has 1 unspecified atom stereocenters. The van der Waals surface area contributed by atoms with Gasteiger partial charge >= 0.3 is 6.16 Å². The van der Waals surface area contributed by atoms with Crippen LogP contribution in [0.2, 0.25) is 0 Å². The summed E-state index contributed by atoms with van der Waals surface area (Å²) in [6.45, 7) is 7.70. The predicted molar refractivity (Wildman–Crippen MR) is 151 cm³/mol. The normalized spacial score (nSPS) is 18.9. The standard InChI is InChI=1S/C27H39N5O7S/c1-18(2)37-27(33)39-32-15-11-20(12-16-32)38-23-10-13-28-26(25(23)36-4)30-22-8-9-24(29-19(22)3)31-14-6-7-21(17-31)40(5,34)35/h8-10,13,18,20-21H,6-7,11-12,14-17H2,1-5H3,(H,28,30). The summed E-state index contributed by atoms with van der Waals surface area (Å²) in [6.07, 6.45) is 4.72. The Morgan fingerprint density at radius 1 is 1.12 bits per heavy atom. The number of methoxy groups -OCH3 is 1. The lowest BCUT2D eigenvalue weighted by atomic mass is 10.1. The fourth-order valence-electron chi connectivity index (χ4n) is 4.83. The Morgan fingerprint density at radius 3 is 2.52 bits per heavy atom. The second-order valence-electron chi connectivity index (χ2n) is 10.4. The topological polar surface area (TPSA) is 132 Å². The van der Waals surface area contributed by atoms with Gasteiger partial charge in [-0.05, 0) is 45.7 Å². The highest BCUT2D eigenvalue weighted by Crippen LogP contribution is 2.37. The highest BCUT2D eigenvalue weighted by Gasteiger charge is 2.29. The zero-order valence-corrected chi connectivity index (χ0v) is 24.6. The first-order valence-electron chi connectivity index (χ1n) is 13.5. The first-order valence-corrected chi connectivity index (χ1v) is 15.5. The highest BCUT2D eigenvalue weighted by atomic mass is 32.2. The van der Waals surface area contributed by atoms with Crippen LogP contribution in [0, 0.1) is 6.92 Å². The second-order valence-corrected chi connectivity index (χ2v) is 12.7. The Hall–Kier alpha value is -3.32. The Bertz CT molecular complexity index is 1280. The maximum Gasteiger partial charge on any atom is 0.528 e. The van der Waals surface area contributed by atoms with Crippen molar-refractivity contribution in [3.05, 3.63) is 30.1 Å². The Morgan fingerprint density at radius 2 is 1.88 bits per heavy atom. The first kappa shape index (κ1) is 29.7. The van der Waals surface area contributed by atoms with Gasteiger partial charge in [0.1, 0.15) is 11.9 Å². The Kier molecular flexibility index (Phi) is 9.56. The lowest BCUT2D eigenvalue weighted by molar-refractivity contribution is -0.151. The number of ether oxygens (including phenoxy) is 3. The number of piperidine rings is 2. The van der Waals surface area contributed by atoms with E-state index in [4.69, 9.17) is 24.0 Å². The maximum absolute atomic E-state index is 12.1. The van der Waals surface area contributed by atoms with Gasteiger partial charge in [0, 0.05) is 57.5 Å². The van der Waals surface area contributed by atoms with E-state index in [0.29, 0.717) is 56.2 Å². The third-order valence-electron chi connectivity index (χ3n) is 6.93. The van der Waals surface area contributed by atoms with Crippen molar-refractivity contribution in [2.24, 2.45) is 0 Å². The van der Waals surface area contributed by atoms with Gasteiger partial charge in [-0.3, -0.25) is 0 Å². The molecule has 2 aromatic rings. The average molecular weight is 578 g/mol. The lowest BCUT2D eigenvalue weighted by Crippen LogP contribution is -2.42. The van der Waals surface area contributed by atoms with Crippen molar-refractivity contribution in [2.75, 3.05) is 49.8 Å². The van der Waals surface area contributed by atoms with Crippen molar-refractivity contribution in [3.8, 4) is 11.5 Å². The van der Waals surface area contributed by atoms with E-state index in [1.165, 1.54) is 6.26 Å². The summed E-state index contributed by atoms with van der Waals surface area (Å²) < 4.78 is 41.1. The van der Waals surface area contributed by atoms with E-state index < -0.39 is 16.0 Å². The van der Waals surface area contributed by atoms with Crippen LogP contribution in [-0.2, 0) is 19.4 Å². The molecule has 1 N–H and O–H groups in total. The van der Waals surface area contributed by atoms with Gasteiger partial charge in [-0.25, -0.2) is 23.2 Å². The summed E-state index contributed by atoms with van der Waals surface area (Å²) in [5.41, 5.74) is 1.50. The highest BCUT2D eigenvalue weighted by molar-refractivity contribution is 7.91. The molecule has 0 aromatic carbocycles. The molecule has 0 spiro atoms. The molecule has 0 aliphatic carbocycles. The summed E-state index contributed by atoms with van der Waals surface area (Å²) in [4.78, 5) is 28.2. The van der Waals surface area contributed by atoms with Gasteiger partial charge in [0.2, 0.25) is 5.75 Å². The molecule has 2 aromatic heterocycles. The molecule has 4 rings (SSSR count). The number of sulfone groups is 1. The fourth-order valence-corrected chi connectivity index (χ4v) is 5.87. The Labute approximate surface area is 235 Å². The van der Waals surface area contributed by atoms with Crippen LogP contribution in [0.4, 0.5) is 22.1 Å². The second kappa shape index (κ2) is 12.9. The van der Waals surface area contributed by atoms with Gasteiger partial charge in [0.25, 0.3) is 0 Å². The predicted octanol–water partition coefficient (Wildman–Crippen LogP) is 3.87. The van der Waals surface area contributed by atoms with Gasteiger partial charge in [0.15, 0.2) is 21.4 Å². The van der Waals surface area contributed by atoms with Crippen molar-refractivity contribution in [2.45, 2.75) is 63.9 Å². The van der Waals surface area contributed by atoms with E-state index in [0.717, 1.165) is 30.2 Å². The molecule has 2 saturated heterocycles. The first-order chi connectivity index (χ1) is 19.0. The molecular weight excluding hydrogens is 538 g/mol. The van der Waals surface area contributed by atoms with Gasteiger partial charge in [-0.2, -0.15) is 0 Å². The van der Waals surface area contributed by atoms with Crippen LogP contribution in [0.5, 0.6) is 11.5 Å². The molecule has 0 saturated carbocycles. The number of hydroxylamine groups is 2. The third kappa shape index (κ3) is 7.66. The van der Waals surface area contributed by atoms with Crippen LogP contribution in [-0.4, -0.2) is 86.6 Å². The number of hydrogen-bond acceptors (Lipinski definition) is 12. The number of carbonyl (C=O) groups excluding carboxylic acids is 1. The Balaban J connectivity index is 1.39. The summed E-state index contributed by atoms with van der Waals surface area (Å²) in [6, 6.07) is 5.56. The number of nitrogens with one attached hydrogen (secondary N) is 1. The quantitative estimate of drug-likeness (QED) is 0.434. The van der Waals surface area contributed by atoms with Crippen LogP contribution in [0.25, 0.3) is 0 Å². The molecule has 2 aliphatic rings. The van der Waals surface area contributed by atoms with E-state index in [1.54, 1.807) is 38.3 Å². The van der Waals surface area contributed by atoms with E-state index in [1.807, 2.05) is 24.0 Å². The van der Waals surface area contributed by atoms with Crippen LogP contribution in [0.1, 0.15) is 45.2 Å². The van der Waals surface area contributed by atoms with Crippen molar-refractivity contribution in [3.63, 3.8) is 0 Å². The van der Waals surface area contributed by atoms with E-state index >= 15 is 0 Å². The zero-order chi connectivity index (χ0) is 28.9. The number of aryl methyl sites for hydroxylation is 1. The lowest BCUT2D eigenvalue weighted by Gasteiger charge is -2.33. The number of rotatable bonds is 9. The zero-order valence-electron chi connectivity index (χ0n) is 23.8. The van der Waals surface area contributed by atoms with Crippen molar-refractivity contribution >= 4 is 33.3 Å². The number of pyridine rings is 2. The molecule has 13 heteroatoms. The minimum absolute atomic E-state index is 0.0897. The van der Waals surface area contributed by atoms with Gasteiger partial charge in [-0.15, -0.1) is 5.06 Å². The van der Waals surface area contributed by atoms with Gasteiger partial charge in [-0.1, -0.05) is 0 Å². The number of aromatic nitrogens is 2. The third-order valence-corrected chi connectivity index (χ3v) is 8.53. The molecule has 0 radical (unpaired) electrons. The van der Waals surface area contributed by atoms with Crippen molar-refractivity contribution < 1.29 is 32.3 Å². The largest absolute Gasteiger partial charge is 0.528 e. The fraction of sp³-hybridized carbons (Fsp3) is 0.593. The molecule has 2 aliphatic heterocycles. The number of anilines is 3. The number of carbonyl (C=O) groups is 1. The van der Waals surface area contributed by atoms with Crippen molar-refractivity contribution in [1.29, 1.82) is 0 Å². The molecule has 0 amide bonds. The van der Waals surface area contributed by atoms with Gasteiger partial charge < -0.3 is 29.3 Å². The molecule has 220 valence electrons. The molecule has 12 nitrogen and oxygen atoms in total. The summed E-state index contributed by atoms with van der Waals surface area (Å²) >= 11 is 0. The molecule has 2 fully saturated rings. The molecular formula is C27H39N5O7S. The smallest absolute Gasteiger partial charge is 0.490 e. The monoisotopic (exact) mass is 577 g/mol. The van der Waals surface area contributed by atoms with E-state index in [9.17, 15) is 13.2 Å².